The molecule has 4 N–H and O–H groups in total. The van der Waals surface area contributed by atoms with Crippen LogP contribution in [0.1, 0.15) is 251 Å². The first-order chi connectivity index (χ1) is 31.6. The van der Waals surface area contributed by atoms with E-state index in [1.807, 2.05) is 0 Å². The van der Waals surface area contributed by atoms with Gasteiger partial charge in [0.25, 0.3) is 0 Å². The second kappa shape index (κ2) is 44.1. The van der Waals surface area contributed by atoms with Crippen LogP contribution in [-0.4, -0.2) is 97.5 Å². The molecule has 0 saturated carbocycles. The Balaban J connectivity index is 2.32. The lowest BCUT2D eigenvalue weighted by molar-refractivity contribution is -0.301. The van der Waals surface area contributed by atoms with Crippen molar-refractivity contribution in [2.45, 2.75) is 288 Å². The highest BCUT2D eigenvalue weighted by Crippen LogP contribution is 2.26. The Morgan fingerprint density at radius 2 is 0.969 bits per heavy atom. The van der Waals surface area contributed by atoms with Crippen LogP contribution in [0.4, 0.5) is 0 Å². The van der Waals surface area contributed by atoms with Crippen molar-refractivity contribution in [1.82, 2.24) is 0 Å². The Kier molecular flexibility index (Phi) is 41.9. The average Bonchev–Trinajstić information content (AvgIpc) is 3.28. The minimum Gasteiger partial charge on any atom is -0.457 e. The van der Waals surface area contributed by atoms with Crippen LogP contribution in [0.3, 0.4) is 0 Å². The molecule has 12 nitrogen and oxygen atoms in total. The maximum Gasteiger partial charge on any atom is 0.397 e. The molecule has 1 fully saturated rings. The van der Waals surface area contributed by atoms with E-state index in [2.05, 4.69) is 30.2 Å². The van der Waals surface area contributed by atoms with Crippen LogP contribution < -0.4 is 0 Å². The van der Waals surface area contributed by atoms with Crippen molar-refractivity contribution in [3.63, 3.8) is 0 Å². The lowest BCUT2D eigenvalue weighted by atomic mass is 9.99. The molecular weight excluding hydrogens is 849 g/mol. The molecule has 0 aromatic rings. The molecule has 0 amide bonds. The van der Waals surface area contributed by atoms with Crippen LogP contribution in [0.15, 0.2) is 12.2 Å². The highest BCUT2D eigenvalue weighted by Gasteiger charge is 2.48. The number of carbonyl (C=O) groups excluding carboxylic acids is 1. The second-order valence-corrected chi connectivity index (χ2v) is 19.9. The van der Waals surface area contributed by atoms with Crippen molar-refractivity contribution in [1.29, 1.82) is 0 Å². The third kappa shape index (κ3) is 37.4. The van der Waals surface area contributed by atoms with Crippen molar-refractivity contribution < 1.29 is 56.2 Å². The van der Waals surface area contributed by atoms with E-state index >= 15 is 0 Å². The fourth-order valence-corrected chi connectivity index (χ4v) is 9.06. The van der Waals surface area contributed by atoms with Crippen LogP contribution >= 0.6 is 0 Å². The predicted octanol–water partition coefficient (Wildman–Crippen LogP) is 12.6. The van der Waals surface area contributed by atoms with E-state index in [1.165, 1.54) is 180 Å². The average molecular weight is 949 g/mol. The third-order valence-corrected chi connectivity index (χ3v) is 13.1. The molecule has 0 aromatic carbocycles. The SMILES string of the molecule is CCCCCCCC/C=C\CCCCCCCCCC(=O)OC(COCCCCCCCCCCCCCCCCCCCCCCC)COC1OC(CO)C(O)C(OS(=O)(=O)O)C1O. The summed E-state index contributed by atoms with van der Waals surface area (Å²) in [5.74, 6) is -0.398. The van der Waals surface area contributed by atoms with Gasteiger partial charge in [-0.15, -0.1) is 0 Å². The summed E-state index contributed by atoms with van der Waals surface area (Å²) in [6, 6.07) is 0. The minimum atomic E-state index is -5.06. The summed E-state index contributed by atoms with van der Waals surface area (Å²) in [5, 5.41) is 30.8. The second-order valence-electron chi connectivity index (χ2n) is 18.8. The fourth-order valence-electron chi connectivity index (χ4n) is 8.55. The maximum atomic E-state index is 12.9. The molecule has 0 aromatic heterocycles. The Morgan fingerprint density at radius 3 is 1.38 bits per heavy atom. The van der Waals surface area contributed by atoms with Gasteiger partial charge < -0.3 is 34.3 Å². The molecule has 386 valence electrons. The van der Waals surface area contributed by atoms with Crippen LogP contribution in [0.25, 0.3) is 0 Å². The molecule has 6 unspecified atom stereocenters. The number of carbonyl (C=O) groups is 1. The van der Waals surface area contributed by atoms with Crippen molar-refractivity contribution in [3.8, 4) is 0 Å². The first-order valence-electron chi connectivity index (χ1n) is 26.9. The summed E-state index contributed by atoms with van der Waals surface area (Å²) in [6.07, 6.45) is 41.0. The molecule has 1 aliphatic heterocycles. The molecule has 0 spiro atoms. The molecule has 65 heavy (non-hydrogen) atoms. The number of aliphatic hydroxyl groups is 3. The molecule has 1 heterocycles. The van der Waals surface area contributed by atoms with Crippen molar-refractivity contribution in [2.75, 3.05) is 26.4 Å². The summed E-state index contributed by atoms with van der Waals surface area (Å²) in [5.41, 5.74) is 0. The van der Waals surface area contributed by atoms with Gasteiger partial charge in [-0.1, -0.05) is 219 Å². The van der Waals surface area contributed by atoms with E-state index in [1.54, 1.807) is 0 Å². The molecule has 0 bridgehead atoms. The number of unbranched alkanes of at least 4 members (excludes halogenated alkanes) is 33. The van der Waals surface area contributed by atoms with E-state index in [9.17, 15) is 33.1 Å². The summed E-state index contributed by atoms with van der Waals surface area (Å²) in [4.78, 5) is 12.9. The van der Waals surface area contributed by atoms with Crippen molar-refractivity contribution in [3.05, 3.63) is 12.2 Å². The molecule has 0 aliphatic carbocycles. The van der Waals surface area contributed by atoms with Gasteiger partial charge in [-0.3, -0.25) is 9.35 Å². The van der Waals surface area contributed by atoms with E-state index in [0.717, 1.165) is 44.9 Å². The van der Waals surface area contributed by atoms with Crippen LogP contribution in [0.2, 0.25) is 0 Å². The highest BCUT2D eigenvalue weighted by molar-refractivity contribution is 7.80. The number of esters is 1. The zero-order valence-corrected chi connectivity index (χ0v) is 42.4. The fraction of sp³-hybridized carbons (Fsp3) is 0.942. The van der Waals surface area contributed by atoms with Gasteiger partial charge in [0, 0.05) is 13.0 Å². The van der Waals surface area contributed by atoms with Crippen LogP contribution in [-0.2, 0) is 38.3 Å². The summed E-state index contributed by atoms with van der Waals surface area (Å²) < 4.78 is 59.3. The quantitative estimate of drug-likeness (QED) is 0.0197. The standard InChI is InChI=1S/C52H100O12S/c1-3-5-7-9-11-13-15-17-19-21-22-23-24-26-28-30-32-34-36-38-40-42-60-44-46(45-61-52-50(56)51(64-65(57,58)59)49(55)47(43-53)63-52)62-48(54)41-39-37-35-33-31-29-27-25-20-18-16-14-12-10-8-6-4-2/h18,20,46-47,49-53,55-56H,3-17,19,21-45H2,1-2H3,(H,57,58,59)/b20-18-. The number of aliphatic hydroxyl groups excluding tert-OH is 3. The Hall–Kier alpha value is -1.16. The van der Waals surface area contributed by atoms with Gasteiger partial charge in [-0.2, -0.15) is 8.42 Å². The van der Waals surface area contributed by atoms with Gasteiger partial charge in [0.05, 0.1) is 19.8 Å². The molecular formula is C52H100O12S. The van der Waals surface area contributed by atoms with Crippen LogP contribution in [0.5, 0.6) is 0 Å². The number of rotatable bonds is 48. The summed E-state index contributed by atoms with van der Waals surface area (Å²) in [6.45, 7) is 4.04. The maximum absolute atomic E-state index is 12.9. The normalized spacial score (nSPS) is 19.6. The first-order valence-corrected chi connectivity index (χ1v) is 28.3. The number of allylic oxidation sites excluding steroid dienone is 2. The third-order valence-electron chi connectivity index (χ3n) is 12.6. The molecule has 1 saturated heterocycles. The summed E-state index contributed by atoms with van der Waals surface area (Å²) >= 11 is 0. The van der Waals surface area contributed by atoms with E-state index in [-0.39, 0.29) is 19.6 Å². The number of ether oxygens (including phenoxy) is 4. The molecule has 1 rings (SSSR count). The monoisotopic (exact) mass is 949 g/mol. The lowest BCUT2D eigenvalue weighted by Gasteiger charge is -2.41. The molecule has 1 aliphatic rings. The summed E-state index contributed by atoms with van der Waals surface area (Å²) in [7, 11) is -5.06. The van der Waals surface area contributed by atoms with Gasteiger partial charge in [0.2, 0.25) is 0 Å². The van der Waals surface area contributed by atoms with E-state index in [4.69, 9.17) is 18.9 Å². The van der Waals surface area contributed by atoms with Gasteiger partial charge >= 0.3 is 16.4 Å². The topological polar surface area (TPSA) is 178 Å². The minimum absolute atomic E-state index is 0.0407. The smallest absolute Gasteiger partial charge is 0.397 e. The zero-order valence-electron chi connectivity index (χ0n) is 41.6. The number of hydrogen-bond acceptors (Lipinski definition) is 11. The Labute approximate surface area is 398 Å². The van der Waals surface area contributed by atoms with Gasteiger partial charge in [0.15, 0.2) is 6.29 Å². The molecule has 13 heteroatoms. The van der Waals surface area contributed by atoms with Crippen molar-refractivity contribution >= 4 is 16.4 Å². The van der Waals surface area contributed by atoms with Gasteiger partial charge in [-0.05, 0) is 38.5 Å². The lowest BCUT2D eigenvalue weighted by Crippen LogP contribution is -2.60. The Morgan fingerprint density at radius 1 is 0.569 bits per heavy atom. The predicted molar refractivity (Wildman–Crippen MR) is 262 cm³/mol. The largest absolute Gasteiger partial charge is 0.457 e. The van der Waals surface area contributed by atoms with Gasteiger partial charge in [0.1, 0.15) is 30.5 Å². The molecule has 6 atom stereocenters. The molecule has 0 radical (unpaired) electrons. The Bertz CT molecular complexity index is 1190. The van der Waals surface area contributed by atoms with E-state index in [0.29, 0.717) is 13.0 Å². The van der Waals surface area contributed by atoms with Crippen LogP contribution in [0, 0.1) is 0 Å². The van der Waals surface area contributed by atoms with E-state index < -0.39 is 59.8 Å². The zero-order chi connectivity index (χ0) is 47.5. The first kappa shape index (κ1) is 61.9. The number of hydrogen-bond donors (Lipinski definition) is 4. The highest BCUT2D eigenvalue weighted by atomic mass is 32.3. The van der Waals surface area contributed by atoms with Crippen molar-refractivity contribution in [2.24, 2.45) is 0 Å². The van der Waals surface area contributed by atoms with Gasteiger partial charge in [-0.25, -0.2) is 4.18 Å².